The second-order valence-electron chi connectivity index (χ2n) is 26.7. The van der Waals surface area contributed by atoms with Crippen molar-refractivity contribution in [3.63, 3.8) is 0 Å². The molecule has 0 aromatic carbocycles. The summed E-state index contributed by atoms with van der Waals surface area (Å²) in [7, 11) is 0. The standard InChI is InChI=1S/C78H151NO5/c1-3-5-7-9-11-13-15-17-19-21-22-23-33-36-39-42-46-50-54-58-62-66-70-76(81)75(74-80)79-77(82)71-67-63-59-55-51-47-43-40-37-34-31-29-27-25-24-26-28-30-32-35-38-41-45-49-53-57-61-65-69-73-84-78(83)72-68-64-60-56-52-48-44-20-18-16-14-12-10-8-6-4-2/h20,24,26,44,75-76,80-81H,3-19,21-23,25,27-43,45-74H2,1-2H3,(H,79,82)/b26-24-,44-20-. The number of carbonyl (C=O) groups excluding carboxylic acids is 2. The maximum absolute atomic E-state index is 12.6. The van der Waals surface area contributed by atoms with E-state index in [1.807, 2.05) is 0 Å². The summed E-state index contributed by atoms with van der Waals surface area (Å²) in [5.74, 6) is -0.0189. The predicted molar refractivity (Wildman–Crippen MR) is 370 cm³/mol. The van der Waals surface area contributed by atoms with Gasteiger partial charge in [0.25, 0.3) is 0 Å². The number of aliphatic hydroxyl groups excluding tert-OH is 2. The Morgan fingerprint density at radius 1 is 0.321 bits per heavy atom. The largest absolute Gasteiger partial charge is 0.466 e. The minimum Gasteiger partial charge on any atom is -0.466 e. The number of allylic oxidation sites excluding steroid dienone is 4. The third kappa shape index (κ3) is 69.4. The van der Waals surface area contributed by atoms with Crippen molar-refractivity contribution in [2.45, 2.75) is 450 Å². The van der Waals surface area contributed by atoms with E-state index in [1.165, 1.54) is 360 Å². The van der Waals surface area contributed by atoms with Gasteiger partial charge in [-0.05, 0) is 77.0 Å². The Balaban J connectivity index is 3.37. The SMILES string of the molecule is CCCCCCCCC/C=C\CCCCCCCC(=O)OCCCCCCCCCCCCCC/C=C\CCCCCCCCCCCCCCCC(=O)NC(CO)C(O)CCCCCCCCCCCCCCCCCCCCCCCC. The van der Waals surface area contributed by atoms with Crippen molar-refractivity contribution < 1.29 is 24.5 Å². The Kier molecular flexibility index (Phi) is 72.3. The zero-order valence-corrected chi connectivity index (χ0v) is 57.2. The summed E-state index contributed by atoms with van der Waals surface area (Å²) < 4.78 is 5.50. The number of unbranched alkanes of at least 4 members (excludes halogenated alkanes) is 58. The van der Waals surface area contributed by atoms with Crippen molar-refractivity contribution in [1.82, 2.24) is 5.32 Å². The number of carbonyl (C=O) groups is 2. The molecule has 0 bridgehead atoms. The third-order valence-electron chi connectivity index (χ3n) is 18.2. The molecule has 0 radical (unpaired) electrons. The van der Waals surface area contributed by atoms with Crippen LogP contribution < -0.4 is 5.32 Å². The van der Waals surface area contributed by atoms with Crippen LogP contribution in [0, 0.1) is 0 Å². The lowest BCUT2D eigenvalue weighted by molar-refractivity contribution is -0.143. The number of ether oxygens (including phenoxy) is 1. The summed E-state index contributed by atoms with van der Waals surface area (Å²) in [5, 5.41) is 23.5. The third-order valence-corrected chi connectivity index (χ3v) is 18.2. The molecule has 0 aromatic heterocycles. The molecule has 1 amide bonds. The molecule has 0 aliphatic rings. The van der Waals surface area contributed by atoms with Crippen LogP contribution in [0.15, 0.2) is 24.3 Å². The number of rotatable bonds is 73. The van der Waals surface area contributed by atoms with Crippen molar-refractivity contribution in [3.8, 4) is 0 Å². The molecule has 84 heavy (non-hydrogen) atoms. The Morgan fingerprint density at radius 3 is 0.845 bits per heavy atom. The van der Waals surface area contributed by atoms with Gasteiger partial charge in [0.05, 0.1) is 25.4 Å². The van der Waals surface area contributed by atoms with Crippen molar-refractivity contribution in [3.05, 3.63) is 24.3 Å². The molecule has 0 saturated heterocycles. The molecule has 0 rings (SSSR count). The van der Waals surface area contributed by atoms with Crippen LogP contribution in [-0.2, 0) is 14.3 Å². The molecule has 2 unspecified atom stereocenters. The first-order valence-corrected chi connectivity index (χ1v) is 38.6. The van der Waals surface area contributed by atoms with Crippen LogP contribution in [0.2, 0.25) is 0 Å². The van der Waals surface area contributed by atoms with Crippen LogP contribution in [-0.4, -0.2) is 47.4 Å². The molecule has 0 fully saturated rings. The summed E-state index contributed by atoms with van der Waals surface area (Å²) in [6, 6.07) is -0.542. The number of amides is 1. The summed E-state index contributed by atoms with van der Waals surface area (Å²) >= 11 is 0. The molecule has 0 heterocycles. The van der Waals surface area contributed by atoms with Gasteiger partial charge < -0.3 is 20.3 Å². The molecule has 2 atom stereocenters. The molecule has 3 N–H and O–H groups in total. The summed E-state index contributed by atoms with van der Waals surface area (Å²) in [5.41, 5.74) is 0. The van der Waals surface area contributed by atoms with Crippen molar-refractivity contribution in [2.75, 3.05) is 13.2 Å². The minimum atomic E-state index is -0.665. The fourth-order valence-corrected chi connectivity index (χ4v) is 12.3. The van der Waals surface area contributed by atoms with Crippen molar-refractivity contribution in [1.29, 1.82) is 0 Å². The Bertz CT molecular complexity index is 1320. The molecule has 0 aliphatic heterocycles. The maximum atomic E-state index is 12.6. The minimum absolute atomic E-state index is 0.0101. The summed E-state index contributed by atoms with van der Waals surface area (Å²) in [4.78, 5) is 24.7. The van der Waals surface area contributed by atoms with Gasteiger partial charge in [-0.15, -0.1) is 0 Å². The first kappa shape index (κ1) is 82.3. The lowest BCUT2D eigenvalue weighted by Crippen LogP contribution is -2.45. The average molecular weight is 1180 g/mol. The number of nitrogens with one attached hydrogen (secondary N) is 1. The van der Waals surface area contributed by atoms with Crippen LogP contribution in [0.3, 0.4) is 0 Å². The molecule has 0 spiro atoms. The number of hydrogen-bond donors (Lipinski definition) is 3. The van der Waals surface area contributed by atoms with Gasteiger partial charge in [0.2, 0.25) is 5.91 Å². The van der Waals surface area contributed by atoms with Crippen LogP contribution in [0.1, 0.15) is 438 Å². The lowest BCUT2D eigenvalue weighted by atomic mass is 10.0. The van der Waals surface area contributed by atoms with Gasteiger partial charge in [-0.2, -0.15) is 0 Å². The molecule has 498 valence electrons. The molecular weight excluding hydrogens is 1030 g/mol. The molecule has 0 aromatic rings. The normalized spacial score (nSPS) is 12.6. The first-order valence-electron chi connectivity index (χ1n) is 38.6. The van der Waals surface area contributed by atoms with Gasteiger partial charge in [0.1, 0.15) is 0 Å². The fraction of sp³-hybridized carbons (Fsp3) is 0.923. The highest BCUT2D eigenvalue weighted by Gasteiger charge is 2.20. The Morgan fingerprint density at radius 2 is 0.560 bits per heavy atom. The monoisotopic (exact) mass is 1180 g/mol. The zero-order chi connectivity index (χ0) is 60.6. The van der Waals surface area contributed by atoms with Gasteiger partial charge in [0.15, 0.2) is 0 Å². The van der Waals surface area contributed by atoms with E-state index < -0.39 is 12.1 Å². The highest BCUT2D eigenvalue weighted by atomic mass is 16.5. The van der Waals surface area contributed by atoms with Gasteiger partial charge in [-0.3, -0.25) is 9.59 Å². The second-order valence-corrected chi connectivity index (χ2v) is 26.7. The molecule has 0 saturated carbocycles. The highest BCUT2D eigenvalue weighted by molar-refractivity contribution is 5.76. The first-order chi connectivity index (χ1) is 41.5. The van der Waals surface area contributed by atoms with E-state index in [1.54, 1.807) is 0 Å². The number of esters is 1. The smallest absolute Gasteiger partial charge is 0.305 e. The maximum Gasteiger partial charge on any atom is 0.305 e. The molecule has 6 heteroatoms. The second kappa shape index (κ2) is 73.8. The van der Waals surface area contributed by atoms with E-state index in [9.17, 15) is 19.8 Å². The summed E-state index contributed by atoms with van der Waals surface area (Å²) in [6.07, 6.45) is 94.0. The number of aliphatic hydroxyl groups is 2. The lowest BCUT2D eigenvalue weighted by Gasteiger charge is -2.22. The van der Waals surface area contributed by atoms with Crippen LogP contribution in [0.25, 0.3) is 0 Å². The van der Waals surface area contributed by atoms with Crippen LogP contribution in [0.4, 0.5) is 0 Å². The quantitative estimate of drug-likeness (QED) is 0.0320. The van der Waals surface area contributed by atoms with E-state index >= 15 is 0 Å². The number of hydrogen-bond acceptors (Lipinski definition) is 5. The van der Waals surface area contributed by atoms with Crippen molar-refractivity contribution in [2.24, 2.45) is 0 Å². The molecular formula is C78H151NO5. The van der Waals surface area contributed by atoms with Gasteiger partial charge in [-0.1, -0.05) is 372 Å². The Labute approximate surface area is 526 Å². The van der Waals surface area contributed by atoms with Crippen molar-refractivity contribution >= 4 is 11.9 Å². The van der Waals surface area contributed by atoms with Gasteiger partial charge >= 0.3 is 5.97 Å². The van der Waals surface area contributed by atoms with E-state index in [0.29, 0.717) is 25.9 Å². The predicted octanol–water partition coefficient (Wildman–Crippen LogP) is 25.3. The van der Waals surface area contributed by atoms with Crippen LogP contribution in [0.5, 0.6) is 0 Å². The fourth-order valence-electron chi connectivity index (χ4n) is 12.3. The van der Waals surface area contributed by atoms with Gasteiger partial charge in [-0.25, -0.2) is 0 Å². The zero-order valence-electron chi connectivity index (χ0n) is 57.2. The van der Waals surface area contributed by atoms with E-state index in [4.69, 9.17) is 4.74 Å². The molecule has 6 nitrogen and oxygen atoms in total. The average Bonchev–Trinajstić information content (AvgIpc) is 3.51. The van der Waals surface area contributed by atoms with E-state index in [-0.39, 0.29) is 18.5 Å². The summed E-state index contributed by atoms with van der Waals surface area (Å²) in [6.45, 7) is 4.99. The van der Waals surface area contributed by atoms with E-state index in [0.717, 1.165) is 44.9 Å². The molecule has 0 aliphatic carbocycles. The Hall–Kier alpha value is -1.66. The van der Waals surface area contributed by atoms with E-state index in [2.05, 4.69) is 43.5 Å². The van der Waals surface area contributed by atoms with Crippen LogP contribution >= 0.6 is 0 Å². The van der Waals surface area contributed by atoms with Gasteiger partial charge in [0, 0.05) is 12.8 Å². The highest BCUT2D eigenvalue weighted by Crippen LogP contribution is 2.20. The topological polar surface area (TPSA) is 95.9 Å².